The smallest absolute Gasteiger partial charge is 0.238 e. The molecule has 0 radical (unpaired) electrons. The summed E-state index contributed by atoms with van der Waals surface area (Å²) >= 11 is 0. The molecule has 116 valence electrons. The molecule has 1 atom stereocenters. The van der Waals surface area contributed by atoms with Gasteiger partial charge in [0.1, 0.15) is 0 Å². The first-order valence-corrected chi connectivity index (χ1v) is 7.71. The zero-order chi connectivity index (χ0) is 15.5. The number of piperazine rings is 1. The van der Waals surface area contributed by atoms with E-state index in [1.54, 1.807) is 0 Å². The number of amides is 1. The molecule has 0 aliphatic carbocycles. The fourth-order valence-electron chi connectivity index (χ4n) is 2.56. The van der Waals surface area contributed by atoms with Gasteiger partial charge in [-0.1, -0.05) is 32.9 Å². The van der Waals surface area contributed by atoms with Crippen molar-refractivity contribution in [3.63, 3.8) is 0 Å². The van der Waals surface area contributed by atoms with Gasteiger partial charge in [-0.05, 0) is 30.0 Å². The van der Waals surface area contributed by atoms with Crippen molar-refractivity contribution in [1.29, 1.82) is 0 Å². The predicted octanol–water partition coefficient (Wildman–Crippen LogP) is 2.22. The summed E-state index contributed by atoms with van der Waals surface area (Å²) in [6, 6.07) is 8.55. The number of carbonyl (C=O) groups is 1. The molecule has 1 saturated heterocycles. The van der Waals surface area contributed by atoms with E-state index in [4.69, 9.17) is 0 Å². The molecule has 1 aromatic carbocycles. The van der Waals surface area contributed by atoms with Gasteiger partial charge < -0.3 is 10.6 Å². The largest absolute Gasteiger partial charge is 0.325 e. The Hall–Kier alpha value is -1.39. The third-order valence-electron chi connectivity index (χ3n) is 4.02. The van der Waals surface area contributed by atoms with Crippen molar-refractivity contribution >= 4 is 11.6 Å². The topological polar surface area (TPSA) is 44.4 Å². The molecule has 2 N–H and O–H groups in total. The summed E-state index contributed by atoms with van der Waals surface area (Å²) < 4.78 is 0. The molecular weight excluding hydrogens is 262 g/mol. The highest BCUT2D eigenvalue weighted by Gasteiger charge is 2.20. The van der Waals surface area contributed by atoms with Gasteiger partial charge in [-0.25, -0.2) is 0 Å². The van der Waals surface area contributed by atoms with E-state index in [9.17, 15) is 4.79 Å². The molecule has 1 aliphatic heterocycles. The summed E-state index contributed by atoms with van der Waals surface area (Å²) in [6.45, 7) is 12.0. The number of rotatable bonds is 3. The maximum absolute atomic E-state index is 12.1. The van der Waals surface area contributed by atoms with Crippen molar-refractivity contribution in [3.8, 4) is 0 Å². The molecule has 1 aliphatic rings. The summed E-state index contributed by atoms with van der Waals surface area (Å²) in [7, 11) is 0. The second-order valence-corrected chi connectivity index (χ2v) is 6.90. The second-order valence-electron chi connectivity index (χ2n) is 6.90. The first-order chi connectivity index (χ1) is 9.86. The van der Waals surface area contributed by atoms with E-state index in [1.165, 1.54) is 5.56 Å². The third kappa shape index (κ3) is 4.55. The maximum Gasteiger partial charge on any atom is 0.238 e. The van der Waals surface area contributed by atoms with E-state index in [0.717, 1.165) is 25.3 Å². The monoisotopic (exact) mass is 289 g/mol. The number of benzene rings is 1. The summed E-state index contributed by atoms with van der Waals surface area (Å²) in [6.07, 6.45) is 0. The number of hydrogen-bond acceptors (Lipinski definition) is 3. The normalized spacial score (nSPS) is 20.3. The Morgan fingerprint density at radius 1 is 1.33 bits per heavy atom. The summed E-state index contributed by atoms with van der Waals surface area (Å²) in [5, 5.41) is 6.32. The Kier molecular flexibility index (Phi) is 5.01. The van der Waals surface area contributed by atoms with Crippen molar-refractivity contribution in [1.82, 2.24) is 10.2 Å². The van der Waals surface area contributed by atoms with Crippen molar-refractivity contribution in [2.45, 2.75) is 39.2 Å². The lowest BCUT2D eigenvalue weighted by Crippen LogP contribution is -2.51. The SMILES string of the molecule is C[C@H]1CNCCN1CC(=O)Nc1ccc(C(C)(C)C)cc1. The zero-order valence-electron chi connectivity index (χ0n) is 13.6. The van der Waals surface area contributed by atoms with Gasteiger partial charge in [0.15, 0.2) is 0 Å². The molecule has 21 heavy (non-hydrogen) atoms. The van der Waals surface area contributed by atoms with Gasteiger partial charge in [-0.3, -0.25) is 9.69 Å². The van der Waals surface area contributed by atoms with Crippen LogP contribution in [-0.4, -0.2) is 43.0 Å². The minimum Gasteiger partial charge on any atom is -0.325 e. The standard InChI is InChI=1S/C17H27N3O/c1-13-11-18-9-10-20(13)12-16(21)19-15-7-5-14(6-8-15)17(2,3)4/h5-8,13,18H,9-12H2,1-4H3,(H,19,21)/t13-/m0/s1. The first-order valence-electron chi connectivity index (χ1n) is 7.71. The van der Waals surface area contributed by atoms with E-state index in [-0.39, 0.29) is 11.3 Å². The van der Waals surface area contributed by atoms with Gasteiger partial charge in [-0.2, -0.15) is 0 Å². The van der Waals surface area contributed by atoms with Crippen LogP contribution in [0.1, 0.15) is 33.3 Å². The molecule has 1 amide bonds. The fourth-order valence-corrected chi connectivity index (χ4v) is 2.56. The number of nitrogens with zero attached hydrogens (tertiary/aromatic N) is 1. The second kappa shape index (κ2) is 6.58. The molecule has 4 heteroatoms. The van der Waals surface area contributed by atoms with E-state index in [1.807, 2.05) is 12.1 Å². The van der Waals surface area contributed by atoms with Crippen LogP contribution in [0.5, 0.6) is 0 Å². The number of carbonyl (C=O) groups excluding carboxylic acids is 1. The van der Waals surface area contributed by atoms with Gasteiger partial charge in [0.25, 0.3) is 0 Å². The quantitative estimate of drug-likeness (QED) is 0.897. The molecule has 0 bridgehead atoms. The predicted molar refractivity (Wildman–Crippen MR) is 87.7 cm³/mol. The Morgan fingerprint density at radius 2 is 2.00 bits per heavy atom. The van der Waals surface area contributed by atoms with Crippen LogP contribution in [0.3, 0.4) is 0 Å². The molecule has 4 nitrogen and oxygen atoms in total. The Bertz CT molecular complexity index is 476. The molecule has 0 unspecified atom stereocenters. The molecule has 0 spiro atoms. The molecule has 1 aromatic rings. The molecule has 1 heterocycles. The van der Waals surface area contributed by atoms with E-state index in [0.29, 0.717) is 12.6 Å². The highest BCUT2D eigenvalue weighted by Crippen LogP contribution is 2.23. The average molecular weight is 289 g/mol. The minimum atomic E-state index is 0.0623. The van der Waals surface area contributed by atoms with Crippen LogP contribution < -0.4 is 10.6 Å². The molecule has 2 rings (SSSR count). The van der Waals surface area contributed by atoms with Crippen molar-refractivity contribution in [2.75, 3.05) is 31.5 Å². The fraction of sp³-hybridized carbons (Fsp3) is 0.588. The maximum atomic E-state index is 12.1. The Morgan fingerprint density at radius 3 is 2.57 bits per heavy atom. The van der Waals surface area contributed by atoms with Crippen LogP contribution in [0.15, 0.2) is 24.3 Å². The van der Waals surface area contributed by atoms with Gasteiger partial charge in [0.05, 0.1) is 6.54 Å². The van der Waals surface area contributed by atoms with Crippen LogP contribution in [0.4, 0.5) is 5.69 Å². The third-order valence-corrected chi connectivity index (χ3v) is 4.02. The van der Waals surface area contributed by atoms with Crippen molar-refractivity contribution in [3.05, 3.63) is 29.8 Å². The van der Waals surface area contributed by atoms with Gasteiger partial charge in [0.2, 0.25) is 5.91 Å². The van der Waals surface area contributed by atoms with E-state index in [2.05, 4.69) is 55.4 Å². The Labute approximate surface area is 127 Å². The lowest BCUT2D eigenvalue weighted by Gasteiger charge is -2.33. The lowest BCUT2D eigenvalue weighted by atomic mass is 9.87. The van der Waals surface area contributed by atoms with E-state index >= 15 is 0 Å². The highest BCUT2D eigenvalue weighted by atomic mass is 16.2. The van der Waals surface area contributed by atoms with Gasteiger partial charge >= 0.3 is 0 Å². The average Bonchev–Trinajstić information content (AvgIpc) is 2.41. The molecular formula is C17H27N3O. The van der Waals surface area contributed by atoms with Gasteiger partial charge in [-0.15, -0.1) is 0 Å². The van der Waals surface area contributed by atoms with Crippen molar-refractivity contribution < 1.29 is 4.79 Å². The Balaban J connectivity index is 1.90. The number of hydrogen-bond donors (Lipinski definition) is 2. The number of nitrogens with one attached hydrogen (secondary N) is 2. The zero-order valence-corrected chi connectivity index (χ0v) is 13.6. The van der Waals surface area contributed by atoms with Crippen LogP contribution in [0, 0.1) is 0 Å². The molecule has 1 fully saturated rings. The summed E-state index contributed by atoms with van der Waals surface area (Å²) in [5.74, 6) is 0.0623. The van der Waals surface area contributed by atoms with Crippen LogP contribution in [-0.2, 0) is 10.2 Å². The van der Waals surface area contributed by atoms with Crippen LogP contribution >= 0.6 is 0 Å². The summed E-state index contributed by atoms with van der Waals surface area (Å²) in [4.78, 5) is 14.4. The van der Waals surface area contributed by atoms with Crippen molar-refractivity contribution in [2.24, 2.45) is 0 Å². The van der Waals surface area contributed by atoms with E-state index < -0.39 is 0 Å². The lowest BCUT2D eigenvalue weighted by molar-refractivity contribution is -0.118. The van der Waals surface area contributed by atoms with Crippen LogP contribution in [0.25, 0.3) is 0 Å². The van der Waals surface area contributed by atoms with Gasteiger partial charge in [0, 0.05) is 31.4 Å². The minimum absolute atomic E-state index is 0.0623. The molecule has 0 aromatic heterocycles. The first kappa shape index (κ1) is 16.0. The van der Waals surface area contributed by atoms with Crippen LogP contribution in [0.2, 0.25) is 0 Å². The molecule has 0 saturated carbocycles. The number of anilines is 1. The highest BCUT2D eigenvalue weighted by molar-refractivity contribution is 5.92. The summed E-state index contributed by atoms with van der Waals surface area (Å²) in [5.41, 5.74) is 2.28.